The van der Waals surface area contributed by atoms with Crippen molar-refractivity contribution in [2.75, 3.05) is 5.32 Å². The molecule has 2 nitrogen and oxygen atoms in total. The second kappa shape index (κ2) is 3.70. The van der Waals surface area contributed by atoms with Crippen LogP contribution < -0.4 is 5.32 Å². The summed E-state index contributed by atoms with van der Waals surface area (Å²) in [7, 11) is 0. The molecule has 0 atom stereocenters. The number of hydrogen-bond acceptors (Lipinski definition) is 3. The highest BCUT2D eigenvalue weighted by molar-refractivity contribution is 9.10. The fourth-order valence-electron chi connectivity index (χ4n) is 2.64. The van der Waals surface area contributed by atoms with Crippen LogP contribution >= 0.6 is 27.3 Å². The van der Waals surface area contributed by atoms with Crippen LogP contribution in [0.5, 0.6) is 0 Å². The Kier molecular flexibility index (Phi) is 2.55. The third-order valence-electron chi connectivity index (χ3n) is 4.64. The summed E-state index contributed by atoms with van der Waals surface area (Å²) in [5.74, 6) is 0. The lowest BCUT2D eigenvalue weighted by Gasteiger charge is -2.02. The molecule has 2 aromatic rings. The van der Waals surface area contributed by atoms with Gasteiger partial charge in [-0.25, -0.2) is 4.98 Å². The number of rotatable bonds is 2. The van der Waals surface area contributed by atoms with E-state index < -0.39 is 0 Å². The summed E-state index contributed by atoms with van der Waals surface area (Å²) in [5.41, 5.74) is 1.74. The standard InChI is InChI=1S/C14H17BrN2S/c1-13(2)11(14(13,3)4)17-12-16-9-7-8(15)5-6-10(9)18-12/h5-7,11H,1-4H3,(H,16,17). The van der Waals surface area contributed by atoms with E-state index in [1.54, 1.807) is 11.3 Å². The third kappa shape index (κ3) is 1.69. The Morgan fingerprint density at radius 2 is 1.89 bits per heavy atom. The minimum absolute atomic E-state index is 0.339. The lowest BCUT2D eigenvalue weighted by Crippen LogP contribution is -2.09. The topological polar surface area (TPSA) is 24.9 Å². The van der Waals surface area contributed by atoms with Gasteiger partial charge in [0.1, 0.15) is 0 Å². The van der Waals surface area contributed by atoms with Crippen molar-refractivity contribution in [3.63, 3.8) is 0 Å². The molecule has 1 aromatic heterocycles. The largest absolute Gasteiger partial charge is 0.358 e. The Bertz CT molecular complexity index is 601. The van der Waals surface area contributed by atoms with Gasteiger partial charge in [0.2, 0.25) is 0 Å². The highest BCUT2D eigenvalue weighted by Crippen LogP contribution is 2.63. The molecule has 1 aromatic carbocycles. The fourth-order valence-corrected chi connectivity index (χ4v) is 3.87. The maximum Gasteiger partial charge on any atom is 0.184 e. The normalized spacial score (nSPS) is 21.2. The highest BCUT2D eigenvalue weighted by atomic mass is 79.9. The van der Waals surface area contributed by atoms with Crippen molar-refractivity contribution in [2.24, 2.45) is 10.8 Å². The molecular weight excluding hydrogens is 308 g/mol. The molecule has 3 rings (SSSR count). The SMILES string of the molecule is CC1(C)C(Nc2nc3cc(Br)ccc3s2)C1(C)C. The van der Waals surface area contributed by atoms with Crippen molar-refractivity contribution in [2.45, 2.75) is 33.7 Å². The maximum absolute atomic E-state index is 4.66. The zero-order chi connectivity index (χ0) is 13.1. The Morgan fingerprint density at radius 1 is 1.22 bits per heavy atom. The molecule has 1 N–H and O–H groups in total. The van der Waals surface area contributed by atoms with E-state index in [9.17, 15) is 0 Å². The van der Waals surface area contributed by atoms with Gasteiger partial charge in [-0.3, -0.25) is 0 Å². The molecule has 0 bridgehead atoms. The molecule has 1 heterocycles. The summed E-state index contributed by atoms with van der Waals surface area (Å²) in [4.78, 5) is 4.66. The quantitative estimate of drug-likeness (QED) is 0.849. The average Bonchev–Trinajstić information content (AvgIpc) is 2.64. The minimum Gasteiger partial charge on any atom is -0.358 e. The summed E-state index contributed by atoms with van der Waals surface area (Å²) in [6, 6.07) is 6.76. The number of thiazole rings is 1. The molecule has 4 heteroatoms. The van der Waals surface area contributed by atoms with Gasteiger partial charge in [0.25, 0.3) is 0 Å². The van der Waals surface area contributed by atoms with E-state index in [-0.39, 0.29) is 0 Å². The first-order chi connectivity index (χ1) is 8.32. The number of benzene rings is 1. The van der Waals surface area contributed by atoms with Gasteiger partial charge >= 0.3 is 0 Å². The number of nitrogens with one attached hydrogen (secondary N) is 1. The zero-order valence-electron chi connectivity index (χ0n) is 11.0. The molecular formula is C14H17BrN2S. The molecule has 0 amide bonds. The van der Waals surface area contributed by atoms with E-state index >= 15 is 0 Å². The molecule has 0 unspecified atom stereocenters. The first-order valence-corrected chi connectivity index (χ1v) is 7.76. The summed E-state index contributed by atoms with van der Waals surface area (Å²) in [6.07, 6.45) is 0. The van der Waals surface area contributed by atoms with Crippen LogP contribution in [0.15, 0.2) is 22.7 Å². The van der Waals surface area contributed by atoms with E-state index in [0.29, 0.717) is 16.9 Å². The van der Waals surface area contributed by atoms with Crippen molar-refractivity contribution < 1.29 is 0 Å². The Hall–Kier alpha value is -0.610. The second-order valence-corrected chi connectivity index (χ2v) is 8.10. The molecule has 96 valence electrons. The predicted octanol–water partition coefficient (Wildman–Crippen LogP) is 4.91. The van der Waals surface area contributed by atoms with Crippen molar-refractivity contribution >= 4 is 42.6 Å². The number of halogens is 1. The van der Waals surface area contributed by atoms with Crippen molar-refractivity contribution in [3.05, 3.63) is 22.7 Å². The molecule has 1 aliphatic carbocycles. The van der Waals surface area contributed by atoms with Crippen LogP contribution in [-0.2, 0) is 0 Å². The summed E-state index contributed by atoms with van der Waals surface area (Å²) < 4.78 is 2.32. The Morgan fingerprint density at radius 3 is 2.50 bits per heavy atom. The summed E-state index contributed by atoms with van der Waals surface area (Å²) in [6.45, 7) is 9.26. The summed E-state index contributed by atoms with van der Waals surface area (Å²) >= 11 is 5.22. The number of nitrogens with zero attached hydrogens (tertiary/aromatic N) is 1. The summed E-state index contributed by atoms with van der Waals surface area (Å²) in [5, 5.41) is 4.63. The van der Waals surface area contributed by atoms with Gasteiger partial charge in [-0.15, -0.1) is 0 Å². The van der Waals surface area contributed by atoms with Gasteiger partial charge in [-0.1, -0.05) is 55.0 Å². The van der Waals surface area contributed by atoms with Gasteiger partial charge in [0, 0.05) is 10.5 Å². The van der Waals surface area contributed by atoms with Crippen LogP contribution in [0.3, 0.4) is 0 Å². The minimum atomic E-state index is 0.339. The molecule has 0 spiro atoms. The van der Waals surface area contributed by atoms with E-state index in [2.05, 4.69) is 72.1 Å². The average molecular weight is 325 g/mol. The Balaban J connectivity index is 1.89. The molecule has 1 fully saturated rings. The van der Waals surface area contributed by atoms with Crippen molar-refractivity contribution in [1.82, 2.24) is 4.98 Å². The van der Waals surface area contributed by atoms with Crippen LogP contribution in [0.1, 0.15) is 27.7 Å². The molecule has 1 aliphatic rings. The zero-order valence-corrected chi connectivity index (χ0v) is 13.4. The lowest BCUT2D eigenvalue weighted by atomic mass is 10.0. The molecule has 0 aliphatic heterocycles. The first kappa shape index (κ1) is 12.4. The van der Waals surface area contributed by atoms with Crippen LogP contribution in [0.4, 0.5) is 5.13 Å². The first-order valence-electron chi connectivity index (χ1n) is 6.15. The van der Waals surface area contributed by atoms with Gasteiger partial charge in [0.05, 0.1) is 10.2 Å². The molecule has 0 radical (unpaired) electrons. The molecule has 1 saturated carbocycles. The number of aromatic nitrogens is 1. The van der Waals surface area contributed by atoms with Gasteiger partial charge in [0.15, 0.2) is 5.13 Å². The van der Waals surface area contributed by atoms with E-state index in [0.717, 1.165) is 15.1 Å². The smallest absolute Gasteiger partial charge is 0.184 e. The van der Waals surface area contributed by atoms with E-state index in [1.165, 1.54) is 4.70 Å². The van der Waals surface area contributed by atoms with Crippen LogP contribution in [0.25, 0.3) is 10.2 Å². The van der Waals surface area contributed by atoms with Crippen LogP contribution in [0.2, 0.25) is 0 Å². The van der Waals surface area contributed by atoms with Gasteiger partial charge in [-0.2, -0.15) is 0 Å². The van der Waals surface area contributed by atoms with Crippen molar-refractivity contribution in [1.29, 1.82) is 0 Å². The van der Waals surface area contributed by atoms with Gasteiger partial charge in [-0.05, 0) is 29.0 Å². The van der Waals surface area contributed by atoms with Gasteiger partial charge < -0.3 is 5.32 Å². The van der Waals surface area contributed by atoms with E-state index in [4.69, 9.17) is 0 Å². The van der Waals surface area contributed by atoms with Crippen LogP contribution in [-0.4, -0.2) is 11.0 Å². The second-order valence-electron chi connectivity index (χ2n) is 6.15. The number of fused-ring (bicyclic) bond motifs is 1. The van der Waals surface area contributed by atoms with Crippen molar-refractivity contribution in [3.8, 4) is 0 Å². The van der Waals surface area contributed by atoms with Crippen LogP contribution in [0, 0.1) is 10.8 Å². The monoisotopic (exact) mass is 324 g/mol. The fraction of sp³-hybridized carbons (Fsp3) is 0.500. The Labute approximate surface area is 120 Å². The number of hydrogen-bond donors (Lipinski definition) is 1. The molecule has 0 saturated heterocycles. The predicted molar refractivity (Wildman–Crippen MR) is 82.3 cm³/mol. The highest BCUT2D eigenvalue weighted by Gasteiger charge is 2.65. The number of anilines is 1. The molecule has 18 heavy (non-hydrogen) atoms. The van der Waals surface area contributed by atoms with E-state index in [1.807, 2.05) is 0 Å². The lowest BCUT2D eigenvalue weighted by molar-refractivity contribution is 0.457. The maximum atomic E-state index is 4.66. The third-order valence-corrected chi connectivity index (χ3v) is 6.10.